The molecular formula is C25H27N5O6. The van der Waals surface area contributed by atoms with Gasteiger partial charge in [0.25, 0.3) is 11.4 Å². The van der Waals surface area contributed by atoms with Gasteiger partial charge in [0.15, 0.2) is 0 Å². The summed E-state index contributed by atoms with van der Waals surface area (Å²) in [6.07, 6.45) is 0.0575. The van der Waals surface area contributed by atoms with Crippen LogP contribution in [0.5, 0.6) is 0 Å². The lowest BCUT2D eigenvalue weighted by Crippen LogP contribution is -2.47. The van der Waals surface area contributed by atoms with E-state index in [4.69, 9.17) is 4.74 Å². The Labute approximate surface area is 207 Å². The van der Waals surface area contributed by atoms with Crippen molar-refractivity contribution in [3.63, 3.8) is 0 Å². The molecule has 36 heavy (non-hydrogen) atoms. The number of rotatable bonds is 12. The molecule has 0 aromatic heterocycles. The SMILES string of the molecule is CC[C@@H](Nc1ccc([N+](=O)[O-])cc1)[C@H](CNC(=O)OCc1ccccc1)Nc1ccc([N+](=O)[O-])cc1. The van der Waals surface area contributed by atoms with E-state index in [1.807, 2.05) is 37.3 Å². The van der Waals surface area contributed by atoms with Gasteiger partial charge in [-0.2, -0.15) is 0 Å². The number of ether oxygens (including phenoxy) is 1. The summed E-state index contributed by atoms with van der Waals surface area (Å²) in [5.74, 6) is 0. The van der Waals surface area contributed by atoms with Crippen LogP contribution in [0.3, 0.4) is 0 Å². The first kappa shape index (κ1) is 25.9. The van der Waals surface area contributed by atoms with E-state index in [1.54, 1.807) is 24.3 Å². The van der Waals surface area contributed by atoms with Crippen LogP contribution in [0.1, 0.15) is 18.9 Å². The number of non-ortho nitro benzene ring substituents is 2. The number of alkyl carbamates (subject to hydrolysis) is 1. The molecule has 188 valence electrons. The minimum absolute atomic E-state index is 0.0167. The van der Waals surface area contributed by atoms with Gasteiger partial charge < -0.3 is 20.7 Å². The van der Waals surface area contributed by atoms with Gasteiger partial charge in [0.2, 0.25) is 0 Å². The van der Waals surface area contributed by atoms with Crippen LogP contribution in [0.2, 0.25) is 0 Å². The van der Waals surface area contributed by atoms with Crippen molar-refractivity contribution >= 4 is 28.8 Å². The highest BCUT2D eigenvalue weighted by Crippen LogP contribution is 2.21. The molecule has 0 aliphatic carbocycles. The molecule has 0 aliphatic heterocycles. The summed E-state index contributed by atoms with van der Waals surface area (Å²) in [7, 11) is 0. The maximum absolute atomic E-state index is 12.3. The monoisotopic (exact) mass is 493 g/mol. The zero-order valence-electron chi connectivity index (χ0n) is 19.6. The summed E-state index contributed by atoms with van der Waals surface area (Å²) in [6.45, 7) is 2.27. The zero-order valence-corrected chi connectivity index (χ0v) is 19.6. The standard InChI is InChI=1S/C25H27N5O6/c1-2-23(27-19-8-12-21(13-9-19)29(32)33)24(28-20-10-14-22(15-11-20)30(34)35)16-26-25(31)36-17-18-6-4-3-5-7-18/h3-15,23-24,27-28H,2,16-17H2,1H3,(H,26,31)/t23-,24+/m1/s1. The van der Waals surface area contributed by atoms with Crippen LogP contribution >= 0.6 is 0 Å². The van der Waals surface area contributed by atoms with Gasteiger partial charge in [-0.15, -0.1) is 0 Å². The topological polar surface area (TPSA) is 149 Å². The first-order valence-corrected chi connectivity index (χ1v) is 11.3. The number of anilines is 2. The Bertz CT molecular complexity index is 1160. The Hall–Kier alpha value is -4.67. The molecule has 0 bridgehead atoms. The Kier molecular flexibility index (Phi) is 9.15. The van der Waals surface area contributed by atoms with Crippen LogP contribution in [0.15, 0.2) is 78.9 Å². The number of nitrogens with one attached hydrogen (secondary N) is 3. The number of carbonyl (C=O) groups is 1. The largest absolute Gasteiger partial charge is 0.445 e. The summed E-state index contributed by atoms with van der Waals surface area (Å²) in [5.41, 5.74) is 2.12. The van der Waals surface area contributed by atoms with Crippen molar-refractivity contribution < 1.29 is 19.4 Å². The van der Waals surface area contributed by atoms with Crippen molar-refractivity contribution in [2.45, 2.75) is 32.0 Å². The molecule has 3 aromatic rings. The predicted octanol–water partition coefficient (Wildman–Crippen LogP) is 5.10. The van der Waals surface area contributed by atoms with Gasteiger partial charge in [0.1, 0.15) is 6.61 Å². The summed E-state index contributed by atoms with van der Waals surface area (Å²) < 4.78 is 5.30. The summed E-state index contributed by atoms with van der Waals surface area (Å²) in [6, 6.07) is 20.8. The number of hydrogen-bond donors (Lipinski definition) is 3. The summed E-state index contributed by atoms with van der Waals surface area (Å²) in [4.78, 5) is 33.3. The molecule has 3 N–H and O–H groups in total. The molecule has 0 saturated heterocycles. The van der Waals surface area contributed by atoms with Crippen molar-refractivity contribution in [2.75, 3.05) is 17.2 Å². The van der Waals surface area contributed by atoms with E-state index >= 15 is 0 Å². The second-order valence-corrected chi connectivity index (χ2v) is 7.96. The minimum Gasteiger partial charge on any atom is -0.445 e. The van der Waals surface area contributed by atoms with Gasteiger partial charge in [-0.25, -0.2) is 4.79 Å². The first-order valence-electron chi connectivity index (χ1n) is 11.3. The first-order chi connectivity index (χ1) is 17.4. The molecule has 0 unspecified atom stereocenters. The second kappa shape index (κ2) is 12.7. The van der Waals surface area contributed by atoms with E-state index in [0.717, 1.165) is 5.56 Å². The average Bonchev–Trinajstić information content (AvgIpc) is 2.89. The molecule has 0 heterocycles. The Balaban J connectivity index is 1.70. The molecule has 2 atom stereocenters. The minimum atomic E-state index is -0.584. The lowest BCUT2D eigenvalue weighted by Gasteiger charge is -2.30. The second-order valence-electron chi connectivity index (χ2n) is 7.96. The molecule has 3 rings (SSSR count). The van der Waals surface area contributed by atoms with Crippen molar-refractivity contribution in [3.05, 3.63) is 105 Å². The van der Waals surface area contributed by atoms with Gasteiger partial charge in [-0.05, 0) is 36.2 Å². The fourth-order valence-electron chi connectivity index (χ4n) is 3.54. The fourth-order valence-corrected chi connectivity index (χ4v) is 3.54. The summed E-state index contributed by atoms with van der Waals surface area (Å²) in [5, 5.41) is 31.3. The maximum Gasteiger partial charge on any atom is 0.407 e. The molecule has 0 spiro atoms. The van der Waals surface area contributed by atoms with Crippen LogP contribution in [0.25, 0.3) is 0 Å². The average molecular weight is 494 g/mol. The fraction of sp³-hybridized carbons (Fsp3) is 0.240. The number of hydrogen-bond acceptors (Lipinski definition) is 8. The third-order valence-electron chi connectivity index (χ3n) is 5.46. The maximum atomic E-state index is 12.3. The number of nitrogens with zero attached hydrogens (tertiary/aromatic N) is 2. The Morgan fingerprint density at radius 3 is 1.78 bits per heavy atom. The molecule has 0 fully saturated rings. The van der Waals surface area contributed by atoms with Gasteiger partial charge >= 0.3 is 6.09 Å². The highest BCUT2D eigenvalue weighted by Gasteiger charge is 2.22. The number of carbonyl (C=O) groups excluding carboxylic acids is 1. The number of nitro groups is 2. The highest BCUT2D eigenvalue weighted by atomic mass is 16.6. The van der Waals surface area contributed by atoms with Gasteiger partial charge in [0.05, 0.1) is 15.9 Å². The van der Waals surface area contributed by atoms with E-state index in [2.05, 4.69) is 16.0 Å². The zero-order chi connectivity index (χ0) is 25.9. The highest BCUT2D eigenvalue weighted by molar-refractivity contribution is 5.67. The van der Waals surface area contributed by atoms with Crippen LogP contribution < -0.4 is 16.0 Å². The molecule has 0 aliphatic rings. The smallest absolute Gasteiger partial charge is 0.407 e. The number of benzene rings is 3. The molecule has 11 heteroatoms. The number of amides is 1. The third kappa shape index (κ3) is 7.69. The third-order valence-corrected chi connectivity index (χ3v) is 5.46. The normalized spacial score (nSPS) is 12.1. The van der Waals surface area contributed by atoms with Gasteiger partial charge in [-0.3, -0.25) is 20.2 Å². The molecule has 11 nitrogen and oxygen atoms in total. The van der Waals surface area contributed by atoms with E-state index in [-0.39, 0.29) is 36.6 Å². The molecule has 0 radical (unpaired) electrons. The Morgan fingerprint density at radius 1 is 0.806 bits per heavy atom. The van der Waals surface area contributed by atoms with Crippen LogP contribution in [-0.2, 0) is 11.3 Å². The van der Waals surface area contributed by atoms with E-state index < -0.39 is 15.9 Å². The molecule has 1 amide bonds. The van der Waals surface area contributed by atoms with Crippen molar-refractivity contribution in [1.82, 2.24) is 5.32 Å². The van der Waals surface area contributed by atoms with Crippen molar-refractivity contribution in [2.24, 2.45) is 0 Å². The quantitative estimate of drug-likeness (QED) is 0.233. The molecule has 0 saturated carbocycles. The molecule has 3 aromatic carbocycles. The van der Waals surface area contributed by atoms with Crippen molar-refractivity contribution in [3.8, 4) is 0 Å². The van der Waals surface area contributed by atoms with Crippen LogP contribution in [-0.4, -0.2) is 34.6 Å². The van der Waals surface area contributed by atoms with Crippen molar-refractivity contribution in [1.29, 1.82) is 0 Å². The van der Waals surface area contributed by atoms with Crippen LogP contribution in [0, 0.1) is 20.2 Å². The number of nitro benzene ring substituents is 2. The lowest BCUT2D eigenvalue weighted by molar-refractivity contribution is -0.385. The van der Waals surface area contributed by atoms with Crippen LogP contribution in [0.4, 0.5) is 27.5 Å². The van der Waals surface area contributed by atoms with Gasteiger partial charge in [-0.1, -0.05) is 37.3 Å². The lowest BCUT2D eigenvalue weighted by atomic mass is 10.0. The predicted molar refractivity (Wildman–Crippen MR) is 136 cm³/mol. The van der Waals surface area contributed by atoms with E-state index in [9.17, 15) is 25.0 Å². The van der Waals surface area contributed by atoms with E-state index in [0.29, 0.717) is 17.8 Å². The Morgan fingerprint density at radius 2 is 1.31 bits per heavy atom. The van der Waals surface area contributed by atoms with Gasteiger partial charge in [0, 0.05) is 48.2 Å². The molecular weight excluding hydrogens is 466 g/mol. The van der Waals surface area contributed by atoms with E-state index in [1.165, 1.54) is 24.3 Å². The summed E-state index contributed by atoms with van der Waals surface area (Å²) >= 11 is 0.